The van der Waals surface area contributed by atoms with Crippen molar-refractivity contribution in [2.75, 3.05) is 36.0 Å². The molecule has 8 rings (SSSR count). The second kappa shape index (κ2) is 12.8. The van der Waals surface area contributed by atoms with Crippen LogP contribution in [0.2, 0.25) is 10.0 Å². The Morgan fingerprint density at radius 3 is 1.31 bits per heavy atom. The number of rotatable bonds is 4. The summed E-state index contributed by atoms with van der Waals surface area (Å²) >= 11 is 12.4. The highest BCUT2D eigenvalue weighted by molar-refractivity contribution is 6.32. The third kappa shape index (κ3) is 6.40. The standard InChI is InChI=1S/C19H20ClN3.C18H18ClN3/c1-13-11-17-18(12-16(13)20)22-19(21-17)14-5-7-15(8-6-14)23-9-3-2-4-10-23;1-12-10-16-17(11-15(12)19)21-18(20-16)13-4-6-14(7-5-13)22-8-2-3-9-22/h5-8,11-12H,2-4,9-10H2,1H3,(H,21,22);4-7,10-11H,2-3,8-9H2,1H3,(H,20,21). The molecule has 2 aromatic heterocycles. The molecular formula is C37H38Cl2N6. The predicted octanol–water partition coefficient (Wildman–Crippen LogP) is 9.97. The van der Waals surface area contributed by atoms with Crippen LogP contribution in [0.25, 0.3) is 44.8 Å². The Labute approximate surface area is 274 Å². The van der Waals surface area contributed by atoms with Crippen LogP contribution in [-0.2, 0) is 0 Å². The number of anilines is 2. The molecule has 2 aliphatic rings. The second-order valence-electron chi connectivity index (χ2n) is 12.2. The van der Waals surface area contributed by atoms with Crippen LogP contribution in [0.15, 0.2) is 72.8 Å². The molecule has 0 amide bonds. The Morgan fingerprint density at radius 1 is 0.533 bits per heavy atom. The summed E-state index contributed by atoms with van der Waals surface area (Å²) in [4.78, 5) is 21.0. The van der Waals surface area contributed by atoms with E-state index >= 15 is 0 Å². The number of hydrogen-bond donors (Lipinski definition) is 2. The van der Waals surface area contributed by atoms with Crippen LogP contribution in [0.5, 0.6) is 0 Å². The van der Waals surface area contributed by atoms with E-state index in [2.05, 4.69) is 84.3 Å². The zero-order valence-corrected chi connectivity index (χ0v) is 27.3. The van der Waals surface area contributed by atoms with Crippen LogP contribution >= 0.6 is 23.2 Å². The number of imidazole rings is 2. The maximum atomic E-state index is 6.19. The van der Waals surface area contributed by atoms with Crippen molar-refractivity contribution < 1.29 is 0 Å². The number of fused-ring (bicyclic) bond motifs is 2. The second-order valence-corrected chi connectivity index (χ2v) is 13.1. The summed E-state index contributed by atoms with van der Waals surface area (Å²) in [5.41, 5.74) is 10.8. The van der Waals surface area contributed by atoms with Gasteiger partial charge in [-0.15, -0.1) is 0 Å². The molecule has 0 atom stereocenters. The zero-order chi connectivity index (χ0) is 30.9. The van der Waals surface area contributed by atoms with E-state index in [0.29, 0.717) is 0 Å². The van der Waals surface area contributed by atoms with Gasteiger partial charge in [-0.1, -0.05) is 23.2 Å². The fourth-order valence-electron chi connectivity index (χ4n) is 6.34. The third-order valence-corrected chi connectivity index (χ3v) is 9.81. The maximum absolute atomic E-state index is 6.19. The molecule has 2 N–H and O–H groups in total. The first-order valence-electron chi connectivity index (χ1n) is 15.9. The number of halogens is 2. The molecule has 2 aliphatic heterocycles. The first-order valence-corrected chi connectivity index (χ1v) is 16.7. The van der Waals surface area contributed by atoms with Crippen molar-refractivity contribution in [3.8, 4) is 22.8 Å². The van der Waals surface area contributed by atoms with Gasteiger partial charge in [0.25, 0.3) is 0 Å². The molecule has 4 aromatic carbocycles. The Morgan fingerprint density at radius 2 is 0.911 bits per heavy atom. The molecule has 2 fully saturated rings. The van der Waals surface area contributed by atoms with Gasteiger partial charge in [0.1, 0.15) is 11.6 Å². The molecule has 45 heavy (non-hydrogen) atoms. The van der Waals surface area contributed by atoms with Crippen molar-refractivity contribution >= 4 is 56.6 Å². The molecule has 0 unspecified atom stereocenters. The van der Waals surface area contributed by atoms with Gasteiger partial charge in [-0.05, 0) is 130 Å². The number of aromatic nitrogens is 4. The number of aryl methyl sites for hydroxylation is 2. The van der Waals surface area contributed by atoms with Crippen molar-refractivity contribution in [2.45, 2.75) is 46.0 Å². The van der Waals surface area contributed by atoms with Gasteiger partial charge >= 0.3 is 0 Å². The quantitative estimate of drug-likeness (QED) is 0.202. The molecule has 0 aliphatic carbocycles. The Balaban J connectivity index is 0.000000145. The lowest BCUT2D eigenvalue weighted by molar-refractivity contribution is 0.578. The highest BCUT2D eigenvalue weighted by Crippen LogP contribution is 2.29. The van der Waals surface area contributed by atoms with E-state index in [4.69, 9.17) is 23.2 Å². The molecule has 8 heteroatoms. The first kappa shape index (κ1) is 29.7. The summed E-state index contributed by atoms with van der Waals surface area (Å²) in [5.74, 6) is 1.79. The topological polar surface area (TPSA) is 63.8 Å². The Bertz CT molecular complexity index is 1850. The van der Waals surface area contributed by atoms with Gasteiger partial charge in [0.05, 0.1) is 22.1 Å². The molecule has 0 radical (unpaired) electrons. The number of hydrogen-bond acceptors (Lipinski definition) is 4. The third-order valence-electron chi connectivity index (χ3n) is 9.00. The molecule has 0 spiro atoms. The highest BCUT2D eigenvalue weighted by Gasteiger charge is 2.14. The number of piperidine rings is 1. The summed E-state index contributed by atoms with van der Waals surface area (Å²) < 4.78 is 0. The van der Waals surface area contributed by atoms with E-state index in [0.717, 1.165) is 66.0 Å². The van der Waals surface area contributed by atoms with Crippen molar-refractivity contribution in [1.82, 2.24) is 19.9 Å². The van der Waals surface area contributed by atoms with E-state index < -0.39 is 0 Å². The summed E-state index contributed by atoms with van der Waals surface area (Å²) in [6.07, 6.45) is 6.54. The van der Waals surface area contributed by atoms with Gasteiger partial charge in [0.15, 0.2) is 0 Å². The van der Waals surface area contributed by atoms with E-state index in [1.807, 2.05) is 32.0 Å². The van der Waals surface area contributed by atoms with E-state index in [9.17, 15) is 0 Å². The minimum Gasteiger partial charge on any atom is -0.372 e. The van der Waals surface area contributed by atoms with Crippen LogP contribution in [0.1, 0.15) is 43.2 Å². The fourth-order valence-corrected chi connectivity index (χ4v) is 6.66. The average Bonchev–Trinajstić information content (AvgIpc) is 3.83. The normalized spacial score (nSPS) is 15.1. The van der Waals surface area contributed by atoms with Gasteiger partial charge in [-0.3, -0.25) is 0 Å². The van der Waals surface area contributed by atoms with Crippen molar-refractivity contribution in [3.63, 3.8) is 0 Å². The summed E-state index contributed by atoms with van der Waals surface area (Å²) in [5, 5.41) is 1.52. The molecule has 2 saturated heterocycles. The maximum Gasteiger partial charge on any atom is 0.138 e. The van der Waals surface area contributed by atoms with E-state index in [-0.39, 0.29) is 0 Å². The van der Waals surface area contributed by atoms with Gasteiger partial charge in [-0.25, -0.2) is 9.97 Å². The lowest BCUT2D eigenvalue weighted by Crippen LogP contribution is -2.29. The number of aromatic amines is 2. The van der Waals surface area contributed by atoms with Crippen LogP contribution in [-0.4, -0.2) is 46.1 Å². The molecule has 6 nitrogen and oxygen atoms in total. The molecule has 0 saturated carbocycles. The van der Waals surface area contributed by atoms with Crippen molar-refractivity contribution in [3.05, 3.63) is 94.0 Å². The molecule has 230 valence electrons. The minimum atomic E-state index is 0.759. The summed E-state index contributed by atoms with van der Waals surface area (Å²) in [7, 11) is 0. The Kier molecular flexibility index (Phi) is 8.43. The number of nitrogens with one attached hydrogen (secondary N) is 2. The number of nitrogens with zero attached hydrogens (tertiary/aromatic N) is 4. The smallest absolute Gasteiger partial charge is 0.138 e. The number of benzene rings is 4. The van der Waals surface area contributed by atoms with Crippen LogP contribution in [0.4, 0.5) is 11.4 Å². The van der Waals surface area contributed by atoms with Crippen LogP contribution < -0.4 is 9.80 Å². The van der Waals surface area contributed by atoms with Crippen molar-refractivity contribution in [1.29, 1.82) is 0 Å². The molecular weight excluding hydrogens is 599 g/mol. The monoisotopic (exact) mass is 636 g/mol. The average molecular weight is 638 g/mol. The lowest BCUT2D eigenvalue weighted by atomic mass is 10.1. The Hall–Kier alpha value is -4.00. The summed E-state index contributed by atoms with van der Waals surface area (Å²) in [6.45, 7) is 8.69. The largest absolute Gasteiger partial charge is 0.372 e. The highest BCUT2D eigenvalue weighted by atomic mass is 35.5. The molecule has 0 bridgehead atoms. The lowest BCUT2D eigenvalue weighted by Gasteiger charge is -2.28. The minimum absolute atomic E-state index is 0.759. The fraction of sp³-hybridized carbons (Fsp3) is 0.297. The predicted molar refractivity (Wildman–Crippen MR) is 190 cm³/mol. The number of H-pyrrole nitrogens is 2. The first-order chi connectivity index (χ1) is 21.9. The molecule has 6 aromatic rings. The van der Waals surface area contributed by atoms with Gasteiger partial charge < -0.3 is 19.8 Å². The van der Waals surface area contributed by atoms with E-state index in [1.165, 1.54) is 69.7 Å². The van der Waals surface area contributed by atoms with Gasteiger partial charge in [-0.2, -0.15) is 0 Å². The van der Waals surface area contributed by atoms with Gasteiger partial charge in [0, 0.05) is 58.7 Å². The van der Waals surface area contributed by atoms with Gasteiger partial charge in [0.2, 0.25) is 0 Å². The zero-order valence-electron chi connectivity index (χ0n) is 25.8. The van der Waals surface area contributed by atoms with E-state index in [1.54, 1.807) is 0 Å². The SMILES string of the molecule is Cc1cc2[nH]c(-c3ccc(N4CCCC4)cc3)nc2cc1Cl.Cc1cc2[nH]c(-c3ccc(N4CCCCC4)cc3)nc2cc1Cl. The van der Waals surface area contributed by atoms with Crippen LogP contribution in [0, 0.1) is 13.8 Å². The molecule has 4 heterocycles. The summed E-state index contributed by atoms with van der Waals surface area (Å²) in [6, 6.07) is 25.3. The van der Waals surface area contributed by atoms with Crippen LogP contribution in [0.3, 0.4) is 0 Å². The van der Waals surface area contributed by atoms with Crippen molar-refractivity contribution in [2.24, 2.45) is 0 Å².